The summed E-state index contributed by atoms with van der Waals surface area (Å²) in [4.78, 5) is 14.9. The summed E-state index contributed by atoms with van der Waals surface area (Å²) in [5.41, 5.74) is 4.91. The maximum Gasteiger partial charge on any atom is 0.0971 e. The van der Waals surface area contributed by atoms with Gasteiger partial charge in [0, 0.05) is 44.9 Å². The lowest BCUT2D eigenvalue weighted by Crippen LogP contribution is -1.94. The van der Waals surface area contributed by atoms with Gasteiger partial charge < -0.3 is 0 Å². The quantitative estimate of drug-likeness (QED) is 0.232. The van der Waals surface area contributed by atoms with Crippen LogP contribution in [0.4, 0.5) is 0 Å². The topological polar surface area (TPSA) is 38.7 Å². The first-order valence-electron chi connectivity index (χ1n) is 12.1. The molecule has 0 amide bonds. The lowest BCUT2D eigenvalue weighted by atomic mass is 9.92. The molecule has 0 aliphatic carbocycles. The molecule has 3 aromatic heterocycles. The van der Waals surface area contributed by atoms with Crippen molar-refractivity contribution in [3.8, 4) is 11.3 Å². The first-order valence-corrected chi connectivity index (χ1v) is 12.1. The number of benzene rings is 5. The molecule has 0 saturated carbocycles. The molecule has 0 spiro atoms. The molecule has 0 atom stereocenters. The van der Waals surface area contributed by atoms with Crippen LogP contribution >= 0.6 is 0 Å². The van der Waals surface area contributed by atoms with Crippen molar-refractivity contribution in [1.29, 1.82) is 0 Å². The van der Waals surface area contributed by atoms with E-state index in [0.717, 1.165) is 49.4 Å². The van der Waals surface area contributed by atoms with Crippen LogP contribution in [0.5, 0.6) is 0 Å². The maximum absolute atomic E-state index is 5.24. The number of nitrogens with zero attached hydrogens (tertiary/aromatic N) is 3. The second-order valence-electron chi connectivity index (χ2n) is 9.25. The molecule has 0 aliphatic rings. The van der Waals surface area contributed by atoms with Crippen LogP contribution in [0.2, 0.25) is 0 Å². The van der Waals surface area contributed by atoms with Crippen molar-refractivity contribution >= 4 is 65.0 Å². The minimum absolute atomic E-state index is 0.922. The molecule has 0 N–H and O–H groups in total. The molecule has 166 valence electrons. The summed E-state index contributed by atoms with van der Waals surface area (Å²) in [6.07, 6.45) is 3.83. The largest absolute Gasteiger partial charge is 0.254 e. The molecule has 8 aromatic rings. The van der Waals surface area contributed by atoms with E-state index in [9.17, 15) is 0 Å². The minimum Gasteiger partial charge on any atom is -0.254 e. The van der Waals surface area contributed by atoms with E-state index in [1.807, 2.05) is 18.5 Å². The summed E-state index contributed by atoms with van der Waals surface area (Å²) < 4.78 is 0. The van der Waals surface area contributed by atoms with Gasteiger partial charge in [-0.15, -0.1) is 0 Å². The third-order valence-electron chi connectivity index (χ3n) is 7.29. The Morgan fingerprint density at radius 1 is 0.472 bits per heavy atom. The molecule has 3 nitrogen and oxygen atoms in total. The van der Waals surface area contributed by atoms with Crippen molar-refractivity contribution < 1.29 is 0 Å². The highest BCUT2D eigenvalue weighted by Gasteiger charge is 2.17. The summed E-state index contributed by atoms with van der Waals surface area (Å²) in [7, 11) is 0. The predicted molar refractivity (Wildman–Crippen MR) is 150 cm³/mol. The molecule has 5 aromatic carbocycles. The molecular formula is C33H19N3. The van der Waals surface area contributed by atoms with E-state index >= 15 is 0 Å². The van der Waals surface area contributed by atoms with Gasteiger partial charge in [-0.05, 0) is 39.7 Å². The number of rotatable bonds is 1. The maximum atomic E-state index is 5.24. The molecular weight excluding hydrogens is 438 g/mol. The molecule has 0 bridgehead atoms. The van der Waals surface area contributed by atoms with Crippen LogP contribution in [0.15, 0.2) is 116 Å². The minimum atomic E-state index is 0.922. The summed E-state index contributed by atoms with van der Waals surface area (Å²) in [6.45, 7) is 0. The van der Waals surface area contributed by atoms with Gasteiger partial charge in [-0.3, -0.25) is 9.97 Å². The second kappa shape index (κ2) is 7.30. The van der Waals surface area contributed by atoms with E-state index in [0.29, 0.717) is 0 Å². The van der Waals surface area contributed by atoms with Crippen molar-refractivity contribution in [1.82, 2.24) is 15.0 Å². The third-order valence-corrected chi connectivity index (χ3v) is 7.29. The first kappa shape index (κ1) is 19.4. The average molecular weight is 458 g/mol. The molecule has 3 heteroatoms. The first-order chi connectivity index (χ1) is 17.9. The molecule has 0 aliphatic heterocycles. The fourth-order valence-corrected chi connectivity index (χ4v) is 5.69. The Morgan fingerprint density at radius 3 is 2.14 bits per heavy atom. The lowest BCUT2D eigenvalue weighted by Gasteiger charge is -2.15. The van der Waals surface area contributed by atoms with E-state index in [1.165, 1.54) is 26.9 Å². The lowest BCUT2D eigenvalue weighted by molar-refractivity contribution is 1.38. The van der Waals surface area contributed by atoms with Crippen molar-refractivity contribution in [2.45, 2.75) is 0 Å². The van der Waals surface area contributed by atoms with Gasteiger partial charge in [-0.25, -0.2) is 4.98 Å². The Bertz CT molecular complexity index is 2160. The third kappa shape index (κ3) is 2.65. The van der Waals surface area contributed by atoms with Gasteiger partial charge in [0.05, 0.1) is 22.2 Å². The highest BCUT2D eigenvalue weighted by molar-refractivity contribution is 6.26. The van der Waals surface area contributed by atoms with Crippen LogP contribution in [-0.2, 0) is 0 Å². The van der Waals surface area contributed by atoms with Gasteiger partial charge in [0.25, 0.3) is 0 Å². The van der Waals surface area contributed by atoms with E-state index in [2.05, 4.69) is 102 Å². The number of pyridine rings is 3. The Hall–Kier alpha value is -4.89. The molecule has 36 heavy (non-hydrogen) atoms. The molecule has 8 rings (SSSR count). The number of aromatic nitrogens is 3. The average Bonchev–Trinajstić information content (AvgIpc) is 2.96. The van der Waals surface area contributed by atoms with E-state index in [-0.39, 0.29) is 0 Å². The monoisotopic (exact) mass is 457 g/mol. The molecule has 0 unspecified atom stereocenters. The smallest absolute Gasteiger partial charge is 0.0971 e. The highest BCUT2D eigenvalue weighted by Crippen LogP contribution is 2.41. The number of fused-ring (bicyclic) bond motifs is 10. The van der Waals surface area contributed by atoms with Crippen molar-refractivity contribution in [3.63, 3.8) is 0 Å². The summed E-state index contributed by atoms with van der Waals surface area (Å²) in [6, 6.07) is 36.3. The highest BCUT2D eigenvalue weighted by atomic mass is 14.8. The number of hydrogen-bond acceptors (Lipinski definition) is 3. The van der Waals surface area contributed by atoms with Crippen molar-refractivity contribution in [2.24, 2.45) is 0 Å². The Morgan fingerprint density at radius 2 is 1.22 bits per heavy atom. The fourth-order valence-electron chi connectivity index (χ4n) is 5.69. The van der Waals surface area contributed by atoms with E-state index < -0.39 is 0 Å². The molecule has 0 saturated heterocycles. The number of hydrogen-bond donors (Lipinski definition) is 0. The predicted octanol–water partition coefficient (Wildman–Crippen LogP) is 8.46. The second-order valence-corrected chi connectivity index (χ2v) is 9.25. The summed E-state index contributed by atoms with van der Waals surface area (Å²) in [5, 5.41) is 10.4. The van der Waals surface area contributed by atoms with Crippen LogP contribution in [0.3, 0.4) is 0 Å². The standard InChI is InChI=1S/C33H19N3/c1-2-10-22-21(8-1)18-27(24-12-4-3-11-23(22)24)32-28-19-35-33-26(16-15-20-9-7-17-34-31(20)33)30(28)25-13-5-6-14-29(25)36-32/h1-19H. The molecule has 0 fully saturated rings. The van der Waals surface area contributed by atoms with Crippen LogP contribution in [0.25, 0.3) is 76.3 Å². The zero-order valence-corrected chi connectivity index (χ0v) is 19.3. The van der Waals surface area contributed by atoms with Crippen molar-refractivity contribution in [2.75, 3.05) is 0 Å². The zero-order chi connectivity index (χ0) is 23.6. The van der Waals surface area contributed by atoms with Gasteiger partial charge in [-0.1, -0.05) is 84.9 Å². The van der Waals surface area contributed by atoms with Crippen molar-refractivity contribution in [3.05, 3.63) is 116 Å². The van der Waals surface area contributed by atoms with Crippen LogP contribution < -0.4 is 0 Å². The summed E-state index contributed by atoms with van der Waals surface area (Å²) >= 11 is 0. The van der Waals surface area contributed by atoms with Gasteiger partial charge in [0.15, 0.2) is 0 Å². The number of para-hydroxylation sites is 1. The van der Waals surface area contributed by atoms with Crippen LogP contribution in [0, 0.1) is 0 Å². The van der Waals surface area contributed by atoms with Gasteiger partial charge in [0.2, 0.25) is 0 Å². The fraction of sp³-hybridized carbons (Fsp3) is 0. The van der Waals surface area contributed by atoms with Crippen LogP contribution in [0.1, 0.15) is 0 Å². The molecule has 0 radical (unpaired) electrons. The zero-order valence-electron chi connectivity index (χ0n) is 19.3. The van der Waals surface area contributed by atoms with Gasteiger partial charge >= 0.3 is 0 Å². The molecule has 3 heterocycles. The Kier molecular flexibility index (Phi) is 3.94. The SMILES string of the molecule is c1ccc2c(c1)cc(-c1nc3ccccc3c3c1cnc1c3ccc3cccnc31)c1ccccc12. The Balaban J connectivity index is 1.60. The summed E-state index contributed by atoms with van der Waals surface area (Å²) in [5.74, 6) is 0. The van der Waals surface area contributed by atoms with Crippen LogP contribution in [-0.4, -0.2) is 15.0 Å². The Labute approximate surface area is 206 Å². The normalized spacial score (nSPS) is 11.9. The van der Waals surface area contributed by atoms with E-state index in [1.54, 1.807) is 0 Å². The van der Waals surface area contributed by atoms with Gasteiger partial charge in [-0.2, -0.15) is 0 Å². The van der Waals surface area contributed by atoms with E-state index in [4.69, 9.17) is 9.97 Å². The van der Waals surface area contributed by atoms with Gasteiger partial charge in [0.1, 0.15) is 0 Å².